The molecule has 1 heterocycles. The molecule has 4 heteroatoms. The highest BCUT2D eigenvalue weighted by Crippen LogP contribution is 2.23. The van der Waals surface area contributed by atoms with Gasteiger partial charge in [-0.1, -0.05) is 0 Å². The van der Waals surface area contributed by atoms with Crippen molar-refractivity contribution in [3.05, 3.63) is 24.0 Å². The average molecular weight is 238 g/mol. The highest BCUT2D eigenvalue weighted by molar-refractivity contribution is 5.54. The van der Waals surface area contributed by atoms with Crippen molar-refractivity contribution in [3.63, 3.8) is 0 Å². The lowest BCUT2D eigenvalue weighted by Crippen LogP contribution is -2.32. The molecule has 2 rings (SSSR count). The van der Waals surface area contributed by atoms with Gasteiger partial charge in [-0.2, -0.15) is 0 Å². The third-order valence-corrected chi connectivity index (χ3v) is 3.14. The molecular formula is C13H19FN2O. The van der Waals surface area contributed by atoms with Crippen molar-refractivity contribution in [2.45, 2.75) is 25.9 Å². The van der Waals surface area contributed by atoms with Crippen LogP contribution in [0.25, 0.3) is 0 Å². The molecule has 2 N–H and O–H groups in total. The fourth-order valence-electron chi connectivity index (χ4n) is 2.21. The number of halogens is 1. The minimum absolute atomic E-state index is 0.229. The summed E-state index contributed by atoms with van der Waals surface area (Å²) in [4.78, 5) is 2.00. The Morgan fingerprint density at radius 3 is 2.94 bits per heavy atom. The smallest absolute Gasteiger partial charge is 0.148 e. The molecule has 1 saturated heterocycles. The minimum Gasteiger partial charge on any atom is -0.399 e. The first-order chi connectivity index (χ1) is 8.20. The average Bonchev–Trinajstić information content (AvgIpc) is 2.79. The van der Waals surface area contributed by atoms with E-state index in [-0.39, 0.29) is 11.9 Å². The third-order valence-electron chi connectivity index (χ3n) is 3.14. The predicted octanol–water partition coefficient (Wildman–Crippen LogP) is 2.41. The number of benzene rings is 1. The Bertz CT molecular complexity index is 378. The zero-order valence-electron chi connectivity index (χ0n) is 10.2. The molecule has 3 nitrogen and oxygen atoms in total. The van der Waals surface area contributed by atoms with E-state index < -0.39 is 0 Å². The Balaban J connectivity index is 2.10. The lowest BCUT2D eigenvalue weighted by atomic mass is 10.2. The summed E-state index contributed by atoms with van der Waals surface area (Å²) >= 11 is 0. The molecule has 1 aromatic carbocycles. The first-order valence-electron chi connectivity index (χ1n) is 6.12. The maximum Gasteiger partial charge on any atom is 0.148 e. The number of likely N-dealkylation sites (N-methyl/N-ethyl adjacent to an activating group) is 1. The molecule has 0 radical (unpaired) electrons. The van der Waals surface area contributed by atoms with Crippen LogP contribution in [0, 0.1) is 5.82 Å². The van der Waals surface area contributed by atoms with E-state index in [1.165, 1.54) is 6.07 Å². The van der Waals surface area contributed by atoms with Gasteiger partial charge in [-0.25, -0.2) is 4.39 Å². The predicted molar refractivity (Wildman–Crippen MR) is 67.7 cm³/mol. The van der Waals surface area contributed by atoms with Gasteiger partial charge in [0.1, 0.15) is 5.82 Å². The van der Waals surface area contributed by atoms with Crippen LogP contribution in [0.15, 0.2) is 18.2 Å². The van der Waals surface area contributed by atoms with Gasteiger partial charge in [-0.15, -0.1) is 0 Å². The summed E-state index contributed by atoms with van der Waals surface area (Å²) in [5, 5.41) is 0. The van der Waals surface area contributed by atoms with Crippen LogP contribution < -0.4 is 10.6 Å². The Hall–Kier alpha value is -1.29. The molecule has 0 spiro atoms. The van der Waals surface area contributed by atoms with Crippen LogP contribution in [-0.4, -0.2) is 25.8 Å². The highest BCUT2D eigenvalue weighted by Gasteiger charge is 2.20. The van der Waals surface area contributed by atoms with E-state index in [0.29, 0.717) is 11.4 Å². The number of ether oxygens (including phenoxy) is 1. The normalized spacial score (nSPS) is 19.5. The van der Waals surface area contributed by atoms with E-state index in [9.17, 15) is 4.39 Å². The van der Waals surface area contributed by atoms with Crippen molar-refractivity contribution < 1.29 is 9.13 Å². The number of rotatable bonds is 4. The van der Waals surface area contributed by atoms with Gasteiger partial charge in [0, 0.05) is 25.4 Å². The summed E-state index contributed by atoms with van der Waals surface area (Å²) in [5.74, 6) is -0.259. The first-order valence-corrected chi connectivity index (χ1v) is 6.12. The first kappa shape index (κ1) is 12.2. The Labute approximate surface area is 101 Å². The minimum atomic E-state index is -0.259. The zero-order valence-corrected chi connectivity index (χ0v) is 10.2. The molecule has 17 heavy (non-hydrogen) atoms. The molecule has 1 atom stereocenters. The summed E-state index contributed by atoms with van der Waals surface area (Å²) in [5.41, 5.74) is 6.62. The quantitative estimate of drug-likeness (QED) is 0.819. The molecule has 94 valence electrons. The van der Waals surface area contributed by atoms with Crippen molar-refractivity contribution >= 4 is 11.4 Å². The van der Waals surface area contributed by atoms with Crippen molar-refractivity contribution in [2.75, 3.05) is 30.3 Å². The van der Waals surface area contributed by atoms with Gasteiger partial charge in [0.25, 0.3) is 0 Å². The summed E-state index contributed by atoms with van der Waals surface area (Å²) in [6.07, 6.45) is 2.39. The van der Waals surface area contributed by atoms with Crippen LogP contribution in [0.2, 0.25) is 0 Å². The number of anilines is 2. The van der Waals surface area contributed by atoms with Crippen molar-refractivity contribution in [3.8, 4) is 0 Å². The summed E-state index contributed by atoms with van der Waals surface area (Å²) in [6.45, 7) is 4.36. The van der Waals surface area contributed by atoms with Gasteiger partial charge < -0.3 is 15.4 Å². The lowest BCUT2D eigenvalue weighted by Gasteiger charge is -2.26. The maximum atomic E-state index is 13.8. The van der Waals surface area contributed by atoms with Gasteiger partial charge in [-0.05, 0) is 38.0 Å². The molecule has 1 aromatic rings. The zero-order chi connectivity index (χ0) is 12.3. The molecule has 0 bridgehead atoms. The van der Waals surface area contributed by atoms with Crippen molar-refractivity contribution in [1.82, 2.24) is 0 Å². The monoisotopic (exact) mass is 238 g/mol. The lowest BCUT2D eigenvalue weighted by molar-refractivity contribution is 0.115. The van der Waals surface area contributed by atoms with E-state index in [1.807, 2.05) is 11.8 Å². The maximum absolute atomic E-state index is 13.8. The van der Waals surface area contributed by atoms with Gasteiger partial charge >= 0.3 is 0 Å². The van der Waals surface area contributed by atoms with E-state index in [0.717, 1.165) is 32.5 Å². The van der Waals surface area contributed by atoms with Crippen LogP contribution in [0.4, 0.5) is 15.8 Å². The van der Waals surface area contributed by atoms with Crippen LogP contribution in [0.1, 0.15) is 19.8 Å². The molecule has 1 aliphatic rings. The summed E-state index contributed by atoms with van der Waals surface area (Å²) in [6, 6.07) is 4.84. The Morgan fingerprint density at radius 2 is 2.35 bits per heavy atom. The molecule has 0 aliphatic carbocycles. The summed E-state index contributed by atoms with van der Waals surface area (Å²) < 4.78 is 19.4. The summed E-state index contributed by atoms with van der Waals surface area (Å²) in [7, 11) is 0. The number of nitrogens with zero attached hydrogens (tertiary/aromatic N) is 1. The second-order valence-electron chi connectivity index (χ2n) is 4.38. The second-order valence-corrected chi connectivity index (χ2v) is 4.38. The second kappa shape index (κ2) is 5.36. The van der Waals surface area contributed by atoms with Crippen LogP contribution >= 0.6 is 0 Å². The van der Waals surface area contributed by atoms with E-state index in [4.69, 9.17) is 10.5 Å². The van der Waals surface area contributed by atoms with Crippen LogP contribution in [0.3, 0.4) is 0 Å². The number of nitrogens with two attached hydrogens (primary N) is 1. The van der Waals surface area contributed by atoms with Gasteiger partial charge in [0.2, 0.25) is 0 Å². The van der Waals surface area contributed by atoms with Gasteiger partial charge in [-0.3, -0.25) is 0 Å². The molecule has 0 amide bonds. The van der Waals surface area contributed by atoms with E-state index in [1.54, 1.807) is 12.1 Å². The molecular weight excluding hydrogens is 219 g/mol. The van der Waals surface area contributed by atoms with Crippen LogP contribution in [0.5, 0.6) is 0 Å². The SMILES string of the molecule is CCN(CC1CCCO1)c1ccc(N)cc1F. The number of nitrogen functional groups attached to an aromatic ring is 1. The molecule has 1 unspecified atom stereocenters. The third kappa shape index (κ3) is 2.88. The van der Waals surface area contributed by atoms with E-state index >= 15 is 0 Å². The van der Waals surface area contributed by atoms with Crippen molar-refractivity contribution in [2.24, 2.45) is 0 Å². The van der Waals surface area contributed by atoms with Gasteiger partial charge in [0.05, 0.1) is 11.8 Å². The Kier molecular flexibility index (Phi) is 3.84. The Morgan fingerprint density at radius 1 is 1.53 bits per heavy atom. The van der Waals surface area contributed by atoms with E-state index in [2.05, 4.69) is 0 Å². The van der Waals surface area contributed by atoms with Gasteiger partial charge in [0.15, 0.2) is 0 Å². The molecule has 0 saturated carbocycles. The highest BCUT2D eigenvalue weighted by atomic mass is 19.1. The standard InChI is InChI=1S/C13H19FN2O/c1-2-16(9-11-4-3-7-17-11)13-6-5-10(15)8-12(13)14/h5-6,8,11H,2-4,7,9,15H2,1H3. The fourth-order valence-corrected chi connectivity index (χ4v) is 2.21. The molecule has 1 fully saturated rings. The molecule has 0 aromatic heterocycles. The number of hydrogen-bond donors (Lipinski definition) is 1. The van der Waals surface area contributed by atoms with Crippen LogP contribution in [-0.2, 0) is 4.74 Å². The van der Waals surface area contributed by atoms with Crippen molar-refractivity contribution in [1.29, 1.82) is 0 Å². The topological polar surface area (TPSA) is 38.5 Å². The molecule has 1 aliphatic heterocycles. The number of hydrogen-bond acceptors (Lipinski definition) is 3. The fraction of sp³-hybridized carbons (Fsp3) is 0.538. The largest absolute Gasteiger partial charge is 0.399 e.